The number of carboxylic acid groups (broad SMARTS) is 1. The molecule has 0 fully saturated rings. The fourth-order valence-corrected chi connectivity index (χ4v) is 2.98. The first-order valence-corrected chi connectivity index (χ1v) is 7.71. The van der Waals surface area contributed by atoms with Crippen molar-refractivity contribution in [3.8, 4) is 0 Å². The third-order valence-electron chi connectivity index (χ3n) is 3.20. The second-order valence-electron chi connectivity index (χ2n) is 4.83. The lowest BCUT2D eigenvalue weighted by atomic mass is 10.2. The van der Waals surface area contributed by atoms with Gasteiger partial charge in [0.1, 0.15) is 0 Å². The van der Waals surface area contributed by atoms with Gasteiger partial charge in [-0.2, -0.15) is 0 Å². The zero-order chi connectivity index (χ0) is 15.2. The average molecular weight is 301 g/mol. The molecule has 3 nitrogen and oxygen atoms in total. The van der Waals surface area contributed by atoms with E-state index in [0.29, 0.717) is 0 Å². The van der Waals surface area contributed by atoms with E-state index in [1.165, 1.54) is 22.2 Å². The van der Waals surface area contributed by atoms with E-state index in [2.05, 4.69) is 49.1 Å². The molecule has 2 aromatic rings. The lowest BCUT2D eigenvalue weighted by Gasteiger charge is -2.22. The molecule has 0 radical (unpaired) electrons. The Morgan fingerprint density at radius 1 is 1.24 bits per heavy atom. The van der Waals surface area contributed by atoms with E-state index < -0.39 is 5.97 Å². The van der Waals surface area contributed by atoms with E-state index in [4.69, 9.17) is 5.11 Å². The maximum atomic E-state index is 10.5. The Kier molecular flexibility index (Phi) is 5.17. The molecule has 0 saturated heterocycles. The Morgan fingerprint density at radius 3 is 2.57 bits per heavy atom. The summed E-state index contributed by atoms with van der Waals surface area (Å²) in [4.78, 5) is 15.0. The number of carbonyl (C=O) groups is 1. The van der Waals surface area contributed by atoms with E-state index in [0.717, 1.165) is 18.0 Å². The molecule has 0 bridgehead atoms. The van der Waals surface area contributed by atoms with Crippen molar-refractivity contribution in [1.29, 1.82) is 0 Å². The molecule has 0 amide bonds. The summed E-state index contributed by atoms with van der Waals surface area (Å²) in [6, 6.07) is 12.5. The third-order valence-corrected chi connectivity index (χ3v) is 4.24. The number of benzene rings is 1. The van der Waals surface area contributed by atoms with Gasteiger partial charge in [-0.05, 0) is 44.2 Å². The van der Waals surface area contributed by atoms with Crippen LogP contribution in [0.4, 0.5) is 5.69 Å². The van der Waals surface area contributed by atoms with Gasteiger partial charge in [-0.1, -0.05) is 17.7 Å². The van der Waals surface area contributed by atoms with Crippen molar-refractivity contribution >= 4 is 29.1 Å². The zero-order valence-corrected chi connectivity index (χ0v) is 13.1. The van der Waals surface area contributed by atoms with Crippen LogP contribution in [-0.4, -0.2) is 17.6 Å². The van der Waals surface area contributed by atoms with Crippen LogP contribution in [-0.2, 0) is 11.3 Å². The summed E-state index contributed by atoms with van der Waals surface area (Å²) < 4.78 is 0. The highest BCUT2D eigenvalue weighted by atomic mass is 32.1. The first kappa shape index (κ1) is 15.3. The molecule has 0 saturated carbocycles. The van der Waals surface area contributed by atoms with Gasteiger partial charge in [-0.3, -0.25) is 0 Å². The maximum Gasteiger partial charge on any atom is 0.328 e. The molecule has 21 heavy (non-hydrogen) atoms. The standard InChI is InChI=1S/C17H19NO2S/c1-3-18(14-6-4-13(2)5-7-14)12-16-9-8-15(21-16)10-11-17(19)20/h4-11H,3,12H2,1-2H3,(H,19,20). The van der Waals surface area contributed by atoms with Gasteiger partial charge >= 0.3 is 5.97 Å². The number of aryl methyl sites for hydroxylation is 1. The molecule has 0 atom stereocenters. The highest BCUT2D eigenvalue weighted by molar-refractivity contribution is 7.12. The van der Waals surface area contributed by atoms with Crippen molar-refractivity contribution in [3.05, 3.63) is 57.8 Å². The summed E-state index contributed by atoms with van der Waals surface area (Å²) in [6.07, 6.45) is 2.81. The number of hydrogen-bond acceptors (Lipinski definition) is 3. The summed E-state index contributed by atoms with van der Waals surface area (Å²) in [7, 11) is 0. The molecule has 110 valence electrons. The Hall–Kier alpha value is -2.07. The minimum Gasteiger partial charge on any atom is -0.478 e. The van der Waals surface area contributed by atoms with E-state index in [9.17, 15) is 4.79 Å². The number of rotatable bonds is 6. The molecule has 4 heteroatoms. The zero-order valence-electron chi connectivity index (χ0n) is 12.2. The van der Waals surface area contributed by atoms with Crippen molar-refractivity contribution in [1.82, 2.24) is 0 Å². The topological polar surface area (TPSA) is 40.5 Å². The van der Waals surface area contributed by atoms with Gasteiger partial charge in [-0.15, -0.1) is 11.3 Å². The third kappa shape index (κ3) is 4.46. The fourth-order valence-electron chi connectivity index (χ4n) is 2.05. The van der Waals surface area contributed by atoms with Crippen molar-refractivity contribution in [2.75, 3.05) is 11.4 Å². The maximum absolute atomic E-state index is 10.5. The van der Waals surface area contributed by atoms with Crippen LogP contribution < -0.4 is 4.90 Å². The van der Waals surface area contributed by atoms with Crippen molar-refractivity contribution in [2.24, 2.45) is 0 Å². The summed E-state index contributed by atoms with van der Waals surface area (Å²) in [5.74, 6) is -0.917. The van der Waals surface area contributed by atoms with Gasteiger partial charge in [0, 0.05) is 28.1 Å². The highest BCUT2D eigenvalue weighted by Gasteiger charge is 2.07. The van der Waals surface area contributed by atoms with Gasteiger partial charge in [0.25, 0.3) is 0 Å². The van der Waals surface area contributed by atoms with E-state index in [-0.39, 0.29) is 0 Å². The molecule has 1 aromatic carbocycles. The van der Waals surface area contributed by atoms with Crippen LogP contribution in [0.3, 0.4) is 0 Å². The quantitative estimate of drug-likeness (QED) is 0.814. The molecule has 0 spiro atoms. The second kappa shape index (κ2) is 7.09. The smallest absolute Gasteiger partial charge is 0.328 e. The fraction of sp³-hybridized carbons (Fsp3) is 0.235. The second-order valence-corrected chi connectivity index (χ2v) is 6.03. The largest absolute Gasteiger partial charge is 0.478 e. The molecule has 1 aromatic heterocycles. The van der Waals surface area contributed by atoms with E-state index in [1.54, 1.807) is 17.4 Å². The van der Waals surface area contributed by atoms with Crippen molar-refractivity contribution < 1.29 is 9.90 Å². The van der Waals surface area contributed by atoms with Crippen LogP contribution in [0, 0.1) is 6.92 Å². The Balaban J connectivity index is 2.08. The monoisotopic (exact) mass is 301 g/mol. The van der Waals surface area contributed by atoms with Crippen molar-refractivity contribution in [3.63, 3.8) is 0 Å². The first-order valence-electron chi connectivity index (χ1n) is 6.90. The lowest BCUT2D eigenvalue weighted by molar-refractivity contribution is -0.131. The molecule has 0 unspecified atom stereocenters. The summed E-state index contributed by atoms with van der Waals surface area (Å²) in [5, 5.41) is 8.65. The molecule has 0 aliphatic heterocycles. The molecule has 2 rings (SSSR count). The van der Waals surface area contributed by atoms with Crippen LogP contribution in [0.15, 0.2) is 42.5 Å². The number of nitrogens with zero attached hydrogens (tertiary/aromatic N) is 1. The molecular formula is C17H19NO2S. The number of hydrogen-bond donors (Lipinski definition) is 1. The van der Waals surface area contributed by atoms with E-state index >= 15 is 0 Å². The van der Waals surface area contributed by atoms with Crippen LogP contribution in [0.2, 0.25) is 0 Å². The molecule has 1 N–H and O–H groups in total. The van der Waals surface area contributed by atoms with Crippen LogP contribution >= 0.6 is 11.3 Å². The lowest BCUT2D eigenvalue weighted by Crippen LogP contribution is -2.21. The minimum absolute atomic E-state index is 0.838. The molecular weight excluding hydrogens is 282 g/mol. The summed E-state index contributed by atoms with van der Waals surface area (Å²) >= 11 is 1.62. The average Bonchev–Trinajstić information content (AvgIpc) is 2.91. The van der Waals surface area contributed by atoms with Gasteiger partial charge in [-0.25, -0.2) is 4.79 Å². The minimum atomic E-state index is -0.917. The first-order chi connectivity index (χ1) is 10.1. The Morgan fingerprint density at radius 2 is 1.95 bits per heavy atom. The van der Waals surface area contributed by atoms with Crippen LogP contribution in [0.1, 0.15) is 22.2 Å². The molecule has 0 aliphatic carbocycles. The van der Waals surface area contributed by atoms with Gasteiger partial charge in [0.2, 0.25) is 0 Å². The summed E-state index contributed by atoms with van der Waals surface area (Å²) in [5.41, 5.74) is 2.46. The SMILES string of the molecule is CCN(Cc1ccc(C=CC(=O)O)s1)c1ccc(C)cc1. The Bertz CT molecular complexity index is 628. The normalized spacial score (nSPS) is 11.0. The predicted molar refractivity (Wildman–Crippen MR) is 88.9 cm³/mol. The Labute approximate surface area is 129 Å². The summed E-state index contributed by atoms with van der Waals surface area (Å²) in [6.45, 7) is 5.99. The number of aliphatic carboxylic acids is 1. The van der Waals surface area contributed by atoms with Crippen LogP contribution in [0.5, 0.6) is 0 Å². The number of carboxylic acids is 1. The highest BCUT2D eigenvalue weighted by Crippen LogP contribution is 2.23. The van der Waals surface area contributed by atoms with Gasteiger partial charge in [0.05, 0.1) is 6.54 Å². The van der Waals surface area contributed by atoms with Gasteiger partial charge < -0.3 is 10.0 Å². The van der Waals surface area contributed by atoms with Crippen LogP contribution in [0.25, 0.3) is 6.08 Å². The van der Waals surface area contributed by atoms with Gasteiger partial charge in [0.15, 0.2) is 0 Å². The molecule has 0 aliphatic rings. The predicted octanol–water partition coefficient (Wildman–Crippen LogP) is 4.18. The van der Waals surface area contributed by atoms with E-state index in [1.807, 2.05) is 6.07 Å². The number of anilines is 1. The molecule has 1 heterocycles. The number of thiophene rings is 1. The van der Waals surface area contributed by atoms with Crippen molar-refractivity contribution in [2.45, 2.75) is 20.4 Å².